The summed E-state index contributed by atoms with van der Waals surface area (Å²) < 4.78 is 28.6. The molecule has 2 unspecified atom stereocenters. The van der Waals surface area contributed by atoms with Gasteiger partial charge in [-0.2, -0.15) is 0 Å². The Balaban J connectivity index is 1.67. The van der Waals surface area contributed by atoms with Crippen LogP contribution in [0, 0.1) is 0 Å². The van der Waals surface area contributed by atoms with Crippen molar-refractivity contribution in [2.24, 2.45) is 0 Å². The Morgan fingerprint density at radius 2 is 1.03 bits per heavy atom. The van der Waals surface area contributed by atoms with Crippen LogP contribution in [0.2, 0.25) is 0 Å². The monoisotopic (exact) mass is 522 g/mol. The van der Waals surface area contributed by atoms with Crippen LogP contribution >= 0.6 is 12.6 Å². The van der Waals surface area contributed by atoms with Gasteiger partial charge < -0.3 is 23.7 Å². The zero-order chi connectivity index (χ0) is 26.2. The third-order valence-corrected chi connectivity index (χ3v) is 6.11. The van der Waals surface area contributed by atoms with Gasteiger partial charge in [0.25, 0.3) is 0 Å². The summed E-state index contributed by atoms with van der Waals surface area (Å²) in [6, 6.07) is 25.0. The van der Waals surface area contributed by atoms with Crippen molar-refractivity contribution in [3.05, 3.63) is 108 Å². The lowest BCUT2D eigenvalue weighted by molar-refractivity contribution is -0.208. The van der Waals surface area contributed by atoms with Crippen molar-refractivity contribution in [3.8, 4) is 0 Å². The zero-order valence-corrected chi connectivity index (χ0v) is 20.9. The summed E-state index contributed by atoms with van der Waals surface area (Å²) in [6.07, 6.45) is -4.48. The molecule has 192 valence electrons. The fourth-order valence-corrected chi connectivity index (χ4v) is 4.28. The van der Waals surface area contributed by atoms with Gasteiger partial charge in [-0.3, -0.25) is 0 Å². The number of ether oxygens (including phenoxy) is 5. The number of hydrogen-bond acceptors (Lipinski definition) is 9. The van der Waals surface area contributed by atoms with E-state index in [0.717, 1.165) is 0 Å². The maximum atomic E-state index is 13.1. The van der Waals surface area contributed by atoms with Crippen LogP contribution in [0.5, 0.6) is 0 Å². The molecule has 37 heavy (non-hydrogen) atoms. The quantitative estimate of drug-likeness (QED) is 0.270. The van der Waals surface area contributed by atoms with Crippen molar-refractivity contribution in [2.45, 2.75) is 29.9 Å². The lowest BCUT2D eigenvalue weighted by Gasteiger charge is -2.43. The minimum atomic E-state index is -1.25. The summed E-state index contributed by atoms with van der Waals surface area (Å²) in [7, 11) is 1.46. The number of carbonyl (C=O) groups excluding carboxylic acids is 3. The Morgan fingerprint density at radius 1 is 0.649 bits per heavy atom. The van der Waals surface area contributed by atoms with E-state index in [1.54, 1.807) is 91.0 Å². The van der Waals surface area contributed by atoms with Gasteiger partial charge in [0.2, 0.25) is 0 Å². The first-order valence-electron chi connectivity index (χ1n) is 11.6. The first-order valence-corrected chi connectivity index (χ1v) is 12.1. The Morgan fingerprint density at radius 3 is 1.43 bits per heavy atom. The Hall–Kier alpha value is -3.66. The summed E-state index contributed by atoms with van der Waals surface area (Å²) in [5.74, 6) is -2.03. The third kappa shape index (κ3) is 6.56. The van der Waals surface area contributed by atoms with E-state index in [1.165, 1.54) is 7.11 Å². The van der Waals surface area contributed by atoms with Crippen molar-refractivity contribution in [1.82, 2.24) is 0 Å². The topological polar surface area (TPSA) is 97.4 Å². The van der Waals surface area contributed by atoms with Gasteiger partial charge in [-0.1, -0.05) is 54.6 Å². The highest BCUT2D eigenvalue weighted by molar-refractivity contribution is 7.80. The number of methoxy groups -OCH3 is 1. The Bertz CT molecular complexity index is 1190. The predicted molar refractivity (Wildman–Crippen MR) is 136 cm³/mol. The van der Waals surface area contributed by atoms with Crippen molar-refractivity contribution in [1.29, 1.82) is 0 Å². The van der Waals surface area contributed by atoms with Gasteiger partial charge in [-0.25, -0.2) is 14.4 Å². The second-order valence-electron chi connectivity index (χ2n) is 8.23. The minimum Gasteiger partial charge on any atom is -0.452 e. The molecule has 5 atom stereocenters. The van der Waals surface area contributed by atoms with E-state index in [0.29, 0.717) is 0 Å². The second kappa shape index (κ2) is 12.5. The molecule has 0 aliphatic carbocycles. The van der Waals surface area contributed by atoms with E-state index in [4.69, 9.17) is 23.7 Å². The molecule has 9 heteroatoms. The maximum absolute atomic E-state index is 13.1. The first kappa shape index (κ1) is 26.4. The van der Waals surface area contributed by atoms with Crippen LogP contribution in [0.3, 0.4) is 0 Å². The molecule has 0 radical (unpaired) electrons. The van der Waals surface area contributed by atoms with E-state index < -0.39 is 47.8 Å². The summed E-state index contributed by atoms with van der Waals surface area (Å²) in [5, 5.41) is 0. The van der Waals surface area contributed by atoms with E-state index in [1.807, 2.05) is 0 Å². The summed E-state index contributed by atoms with van der Waals surface area (Å²) in [6.45, 7) is 0.00252. The van der Waals surface area contributed by atoms with Gasteiger partial charge in [0.15, 0.2) is 18.3 Å². The molecule has 0 spiro atoms. The van der Waals surface area contributed by atoms with Crippen molar-refractivity contribution in [3.63, 3.8) is 0 Å². The van der Waals surface area contributed by atoms with E-state index in [-0.39, 0.29) is 23.3 Å². The number of hydrogen-bond donors (Lipinski definition) is 1. The molecular formula is C28H26O8S. The molecule has 3 aromatic carbocycles. The minimum absolute atomic E-state index is 0.00252. The smallest absolute Gasteiger partial charge is 0.338 e. The van der Waals surface area contributed by atoms with Crippen LogP contribution in [0.4, 0.5) is 0 Å². The van der Waals surface area contributed by atoms with Crippen LogP contribution < -0.4 is 0 Å². The van der Waals surface area contributed by atoms with Crippen LogP contribution in [0.25, 0.3) is 0 Å². The van der Waals surface area contributed by atoms with Gasteiger partial charge in [0.05, 0.1) is 23.3 Å². The average Bonchev–Trinajstić information content (AvgIpc) is 2.94. The second-order valence-corrected chi connectivity index (χ2v) is 8.74. The molecule has 1 aliphatic heterocycles. The summed E-state index contributed by atoms with van der Waals surface area (Å²) in [4.78, 5) is 39.0. The van der Waals surface area contributed by atoms with Crippen LogP contribution in [0.15, 0.2) is 91.0 Å². The van der Waals surface area contributed by atoms with Crippen LogP contribution in [-0.4, -0.2) is 61.5 Å². The van der Waals surface area contributed by atoms with E-state index >= 15 is 0 Å². The van der Waals surface area contributed by atoms with E-state index in [9.17, 15) is 14.4 Å². The number of carbonyl (C=O) groups is 3. The summed E-state index contributed by atoms with van der Waals surface area (Å²) in [5.41, 5.74) is -0.159. The molecule has 1 saturated heterocycles. The molecule has 0 bridgehead atoms. The molecule has 3 aromatic rings. The molecule has 0 amide bonds. The SMILES string of the molecule is COCC1O[C@@H](S)[C@@H](OC(=O)c2ccccc2)C(OC(=O)c2ccccc2)[C@H]1OC(=O)c1ccccc1. The number of thiol groups is 1. The largest absolute Gasteiger partial charge is 0.452 e. The van der Waals surface area contributed by atoms with Gasteiger partial charge >= 0.3 is 17.9 Å². The summed E-state index contributed by atoms with van der Waals surface area (Å²) >= 11 is 4.48. The third-order valence-electron chi connectivity index (χ3n) is 5.70. The molecule has 0 N–H and O–H groups in total. The molecule has 0 aromatic heterocycles. The number of rotatable bonds is 8. The van der Waals surface area contributed by atoms with Gasteiger partial charge in [0, 0.05) is 7.11 Å². The van der Waals surface area contributed by atoms with Crippen LogP contribution in [0.1, 0.15) is 31.1 Å². The standard InChI is InChI=1S/C28H26O8S/c1-32-17-21-22(34-25(29)18-11-5-2-6-12-18)23(35-26(30)19-13-7-3-8-14-19)24(28(37)33-21)36-27(31)20-15-9-4-10-16-20/h2-16,21-24,28,37H,17H2,1H3/t21?,22-,23?,24-,28-/m0/s1. The van der Waals surface area contributed by atoms with E-state index in [2.05, 4.69) is 12.6 Å². The number of esters is 3. The molecule has 1 fully saturated rings. The predicted octanol–water partition coefficient (Wildman–Crippen LogP) is 3.96. The average molecular weight is 523 g/mol. The molecule has 8 nitrogen and oxygen atoms in total. The highest BCUT2D eigenvalue weighted by atomic mass is 32.1. The Labute approximate surface area is 219 Å². The normalized spacial score (nSPS) is 23.0. The highest BCUT2D eigenvalue weighted by Gasteiger charge is 2.51. The fraction of sp³-hybridized carbons (Fsp3) is 0.250. The maximum Gasteiger partial charge on any atom is 0.338 e. The fourth-order valence-electron chi connectivity index (χ4n) is 3.89. The van der Waals surface area contributed by atoms with Crippen molar-refractivity contribution in [2.75, 3.05) is 13.7 Å². The van der Waals surface area contributed by atoms with Gasteiger partial charge in [0.1, 0.15) is 11.5 Å². The molecule has 4 rings (SSSR count). The van der Waals surface area contributed by atoms with Crippen molar-refractivity contribution < 1.29 is 38.1 Å². The number of benzene rings is 3. The molecule has 1 aliphatic rings. The van der Waals surface area contributed by atoms with Gasteiger partial charge in [-0.05, 0) is 36.4 Å². The molecule has 0 saturated carbocycles. The Kier molecular flexibility index (Phi) is 8.95. The zero-order valence-electron chi connectivity index (χ0n) is 20.0. The van der Waals surface area contributed by atoms with Crippen LogP contribution in [-0.2, 0) is 23.7 Å². The van der Waals surface area contributed by atoms with Crippen molar-refractivity contribution >= 4 is 30.5 Å². The lowest BCUT2D eigenvalue weighted by Crippen LogP contribution is -2.61. The molecule has 1 heterocycles. The van der Waals surface area contributed by atoms with Gasteiger partial charge in [-0.15, -0.1) is 12.6 Å². The first-order chi connectivity index (χ1) is 18.0. The molecular weight excluding hydrogens is 496 g/mol. The lowest BCUT2D eigenvalue weighted by atomic mass is 9.98. The highest BCUT2D eigenvalue weighted by Crippen LogP contribution is 2.32.